The minimum Gasteiger partial charge on any atom is -0.463 e. The molecule has 0 radical (unpaired) electrons. The highest BCUT2D eigenvalue weighted by atomic mass is 79.9. The second-order valence-corrected chi connectivity index (χ2v) is 4.31. The lowest BCUT2D eigenvalue weighted by Gasteiger charge is -2.09. The number of carbonyl (C=O) groups is 1. The molecule has 0 unspecified atom stereocenters. The monoisotopic (exact) mass is 312 g/mol. The number of halogens is 2. The average molecular weight is 313 g/mol. The number of esters is 1. The van der Waals surface area contributed by atoms with Gasteiger partial charge in [-0.15, -0.1) is 6.58 Å². The molecule has 0 aromatic heterocycles. The molecule has 0 atom stereocenters. The number of benzene rings is 1. The van der Waals surface area contributed by atoms with Gasteiger partial charge in [0.05, 0.1) is 12.2 Å². The maximum Gasteiger partial charge on any atom is 0.335 e. The highest BCUT2D eigenvalue weighted by molar-refractivity contribution is 9.15. The van der Waals surface area contributed by atoms with Gasteiger partial charge in [-0.05, 0) is 47.0 Å². The Morgan fingerprint density at radius 3 is 2.83 bits per heavy atom. The molecule has 0 bridgehead atoms. The Kier molecular flexibility index (Phi) is 5.78. The summed E-state index contributed by atoms with van der Waals surface area (Å²) in [6.45, 7) is 5.63. The summed E-state index contributed by atoms with van der Waals surface area (Å²) >= 11 is 3.32. The topological polar surface area (TPSA) is 26.3 Å². The molecule has 1 rings (SSSR count). The molecule has 0 saturated heterocycles. The third-order valence-corrected chi connectivity index (χ3v) is 3.15. The summed E-state index contributed by atoms with van der Waals surface area (Å²) in [7, 11) is 0. The maximum absolute atomic E-state index is 13.1. The van der Waals surface area contributed by atoms with E-state index in [-0.39, 0.29) is 5.82 Å². The van der Waals surface area contributed by atoms with Crippen LogP contribution in [-0.2, 0) is 9.53 Å². The summed E-state index contributed by atoms with van der Waals surface area (Å²) in [6, 6.07) is 6.01. The van der Waals surface area contributed by atoms with E-state index in [0.29, 0.717) is 28.6 Å². The van der Waals surface area contributed by atoms with Crippen LogP contribution in [0.5, 0.6) is 0 Å². The van der Waals surface area contributed by atoms with Gasteiger partial charge in [-0.1, -0.05) is 18.2 Å². The van der Waals surface area contributed by atoms with Crippen molar-refractivity contribution in [3.8, 4) is 0 Å². The smallest absolute Gasteiger partial charge is 0.335 e. The van der Waals surface area contributed by atoms with Gasteiger partial charge in [0.2, 0.25) is 0 Å². The first-order valence-corrected chi connectivity index (χ1v) is 6.32. The number of ether oxygens (including phenoxy) is 1. The van der Waals surface area contributed by atoms with Crippen LogP contribution in [0.4, 0.5) is 4.39 Å². The van der Waals surface area contributed by atoms with Crippen molar-refractivity contribution in [1.82, 2.24) is 0 Å². The normalized spacial score (nSPS) is 11.7. The van der Waals surface area contributed by atoms with Gasteiger partial charge in [0.25, 0.3) is 0 Å². The molecule has 96 valence electrons. The standard InChI is InChI=1S/C14H14BrFO2/c1-3-6-12(14(17)18-4-2)13(15)10-7-5-8-11(16)9-10/h3,5,7-9H,1,4,6H2,2H3/b13-12+. The van der Waals surface area contributed by atoms with Crippen LogP contribution in [0.1, 0.15) is 18.9 Å². The van der Waals surface area contributed by atoms with Crippen LogP contribution in [0.15, 0.2) is 42.5 Å². The van der Waals surface area contributed by atoms with Gasteiger partial charge in [-0.25, -0.2) is 9.18 Å². The van der Waals surface area contributed by atoms with Gasteiger partial charge in [-0.2, -0.15) is 0 Å². The highest BCUT2D eigenvalue weighted by Crippen LogP contribution is 2.28. The molecule has 4 heteroatoms. The van der Waals surface area contributed by atoms with E-state index in [1.165, 1.54) is 12.1 Å². The van der Waals surface area contributed by atoms with Gasteiger partial charge in [-0.3, -0.25) is 0 Å². The predicted octanol–water partition coefficient (Wildman–Crippen LogP) is 4.07. The summed E-state index contributed by atoms with van der Waals surface area (Å²) in [5.41, 5.74) is 1.03. The second kappa shape index (κ2) is 7.11. The van der Waals surface area contributed by atoms with Crippen LogP contribution >= 0.6 is 15.9 Å². The van der Waals surface area contributed by atoms with Crippen molar-refractivity contribution in [3.05, 3.63) is 53.9 Å². The van der Waals surface area contributed by atoms with Gasteiger partial charge >= 0.3 is 5.97 Å². The molecular formula is C14H14BrFO2. The fraction of sp³-hybridized carbons (Fsp3) is 0.214. The number of hydrogen-bond donors (Lipinski definition) is 0. The van der Waals surface area contributed by atoms with Crippen LogP contribution in [0.3, 0.4) is 0 Å². The van der Waals surface area contributed by atoms with Crippen LogP contribution in [0, 0.1) is 5.82 Å². The molecule has 0 spiro atoms. The molecule has 0 fully saturated rings. The summed E-state index contributed by atoms with van der Waals surface area (Å²) in [4.78, 5) is 11.8. The van der Waals surface area contributed by atoms with Gasteiger partial charge in [0.1, 0.15) is 5.82 Å². The lowest BCUT2D eigenvalue weighted by molar-refractivity contribution is -0.138. The molecule has 0 aliphatic carbocycles. The SMILES string of the molecule is C=CC/C(C(=O)OCC)=C(\Br)c1cccc(F)c1. The van der Waals surface area contributed by atoms with E-state index in [0.717, 1.165) is 0 Å². The number of allylic oxidation sites excluding steroid dienone is 1. The Morgan fingerprint density at radius 1 is 1.56 bits per heavy atom. The molecule has 0 N–H and O–H groups in total. The summed E-state index contributed by atoms with van der Waals surface area (Å²) in [5, 5.41) is 0. The van der Waals surface area contributed by atoms with Crippen molar-refractivity contribution in [2.24, 2.45) is 0 Å². The van der Waals surface area contributed by atoms with Gasteiger partial charge in [0, 0.05) is 4.48 Å². The first kappa shape index (κ1) is 14.6. The molecule has 2 nitrogen and oxygen atoms in total. The van der Waals surface area contributed by atoms with Crippen molar-refractivity contribution in [2.45, 2.75) is 13.3 Å². The molecule has 0 aliphatic rings. The Bertz CT molecular complexity index is 480. The maximum atomic E-state index is 13.1. The number of carbonyl (C=O) groups excluding carboxylic acids is 1. The molecule has 1 aromatic rings. The zero-order valence-electron chi connectivity index (χ0n) is 10.1. The Labute approximate surface area is 114 Å². The lowest BCUT2D eigenvalue weighted by Crippen LogP contribution is -2.08. The fourth-order valence-corrected chi connectivity index (χ4v) is 1.99. The average Bonchev–Trinajstić information content (AvgIpc) is 2.35. The van der Waals surface area contributed by atoms with E-state index in [4.69, 9.17) is 4.74 Å². The van der Waals surface area contributed by atoms with Crippen LogP contribution in [-0.4, -0.2) is 12.6 Å². The van der Waals surface area contributed by atoms with Crippen LogP contribution in [0.25, 0.3) is 4.48 Å². The molecule has 18 heavy (non-hydrogen) atoms. The predicted molar refractivity (Wildman–Crippen MR) is 73.7 cm³/mol. The zero-order chi connectivity index (χ0) is 13.5. The Morgan fingerprint density at radius 2 is 2.28 bits per heavy atom. The van der Waals surface area contributed by atoms with E-state index < -0.39 is 5.97 Å². The van der Waals surface area contributed by atoms with Gasteiger partial charge in [0.15, 0.2) is 0 Å². The molecule has 1 aromatic carbocycles. The molecule has 0 saturated carbocycles. The fourth-order valence-electron chi connectivity index (χ4n) is 1.42. The summed E-state index contributed by atoms with van der Waals surface area (Å²) in [5.74, 6) is -0.778. The van der Waals surface area contributed by atoms with Crippen molar-refractivity contribution in [1.29, 1.82) is 0 Å². The minimum atomic E-state index is -0.423. The number of hydrogen-bond acceptors (Lipinski definition) is 2. The minimum absolute atomic E-state index is 0.295. The van der Waals surface area contributed by atoms with Crippen molar-refractivity contribution >= 4 is 26.4 Å². The zero-order valence-corrected chi connectivity index (χ0v) is 11.7. The summed E-state index contributed by atoms with van der Waals surface area (Å²) in [6.07, 6.45) is 1.96. The van der Waals surface area contributed by atoms with Crippen LogP contribution in [0.2, 0.25) is 0 Å². The summed E-state index contributed by atoms with van der Waals surface area (Å²) < 4.78 is 18.6. The van der Waals surface area contributed by atoms with Crippen molar-refractivity contribution in [2.75, 3.05) is 6.61 Å². The molecule has 0 heterocycles. The van der Waals surface area contributed by atoms with E-state index in [1.54, 1.807) is 25.1 Å². The quantitative estimate of drug-likeness (QED) is 0.465. The van der Waals surface area contributed by atoms with Crippen molar-refractivity contribution in [3.63, 3.8) is 0 Å². The molecule has 0 amide bonds. The molecule has 0 aliphatic heterocycles. The van der Waals surface area contributed by atoms with Gasteiger partial charge < -0.3 is 4.74 Å². The first-order valence-electron chi connectivity index (χ1n) is 5.52. The molecular weight excluding hydrogens is 299 g/mol. The van der Waals surface area contributed by atoms with E-state index in [2.05, 4.69) is 22.5 Å². The highest BCUT2D eigenvalue weighted by Gasteiger charge is 2.15. The Balaban J connectivity index is 3.18. The lowest BCUT2D eigenvalue weighted by atomic mass is 10.1. The van der Waals surface area contributed by atoms with E-state index >= 15 is 0 Å². The van der Waals surface area contributed by atoms with E-state index in [9.17, 15) is 9.18 Å². The largest absolute Gasteiger partial charge is 0.463 e. The van der Waals surface area contributed by atoms with Crippen LogP contribution < -0.4 is 0 Å². The number of rotatable bonds is 5. The van der Waals surface area contributed by atoms with E-state index in [1.807, 2.05) is 0 Å². The Hall–Kier alpha value is -1.42. The second-order valence-electron chi connectivity index (χ2n) is 3.52. The van der Waals surface area contributed by atoms with Crippen molar-refractivity contribution < 1.29 is 13.9 Å². The first-order chi connectivity index (χ1) is 8.60. The third kappa shape index (κ3) is 3.81. The third-order valence-electron chi connectivity index (χ3n) is 2.21.